The zero-order chi connectivity index (χ0) is 29.5. The van der Waals surface area contributed by atoms with Crippen molar-refractivity contribution >= 4 is 18.0 Å². The Morgan fingerprint density at radius 1 is 0.881 bits per heavy atom. The van der Waals surface area contributed by atoms with Crippen LogP contribution in [0.25, 0.3) is 11.1 Å². The van der Waals surface area contributed by atoms with Crippen LogP contribution in [0.15, 0.2) is 78.9 Å². The standard InChI is InChI=1S/C34H39N3O5/c1-37(20-23-11-3-2-4-12-23)21-31(33(40)35-30(19-32(38)39)24-13-5-6-14-24)36-34(41)42-22-29-27-17-9-7-15-25(27)26-16-8-10-18-28(26)29/h2-4,7-12,15-18,24,29-31H,5-6,13-14,19-22H2,1H3,(H,35,40)(H,36,41)(H,38,39). The third-order valence-electron chi connectivity index (χ3n) is 8.43. The summed E-state index contributed by atoms with van der Waals surface area (Å²) in [6.07, 6.45) is 3.00. The molecule has 0 aliphatic heterocycles. The number of carboxylic acid groups (broad SMARTS) is 1. The molecule has 1 fully saturated rings. The van der Waals surface area contributed by atoms with E-state index >= 15 is 0 Å². The van der Waals surface area contributed by atoms with E-state index < -0.39 is 30.1 Å². The van der Waals surface area contributed by atoms with Crippen LogP contribution >= 0.6 is 0 Å². The van der Waals surface area contributed by atoms with Crippen molar-refractivity contribution in [3.63, 3.8) is 0 Å². The van der Waals surface area contributed by atoms with E-state index in [-0.39, 0.29) is 31.4 Å². The summed E-state index contributed by atoms with van der Waals surface area (Å²) in [7, 11) is 1.89. The third-order valence-corrected chi connectivity index (χ3v) is 8.43. The number of amides is 2. The molecule has 3 aromatic carbocycles. The molecule has 3 aromatic rings. The number of hydrogen-bond donors (Lipinski definition) is 3. The van der Waals surface area contributed by atoms with Gasteiger partial charge in [-0.3, -0.25) is 14.5 Å². The minimum atomic E-state index is -0.950. The van der Waals surface area contributed by atoms with Gasteiger partial charge < -0.3 is 20.5 Å². The highest BCUT2D eigenvalue weighted by Crippen LogP contribution is 2.44. The summed E-state index contributed by atoms with van der Waals surface area (Å²) >= 11 is 0. The van der Waals surface area contributed by atoms with Crippen LogP contribution in [0.4, 0.5) is 4.79 Å². The van der Waals surface area contributed by atoms with Gasteiger partial charge in [-0.2, -0.15) is 0 Å². The minimum Gasteiger partial charge on any atom is -0.481 e. The summed E-state index contributed by atoms with van der Waals surface area (Å²) in [4.78, 5) is 40.4. The molecule has 2 atom stereocenters. The summed E-state index contributed by atoms with van der Waals surface area (Å²) in [6.45, 7) is 0.950. The number of rotatable bonds is 12. The van der Waals surface area contributed by atoms with Crippen LogP contribution in [-0.2, 0) is 20.9 Å². The maximum absolute atomic E-state index is 13.6. The van der Waals surface area contributed by atoms with Gasteiger partial charge in [-0.15, -0.1) is 0 Å². The van der Waals surface area contributed by atoms with Crippen LogP contribution < -0.4 is 10.6 Å². The van der Waals surface area contributed by atoms with Gasteiger partial charge in [-0.05, 0) is 53.6 Å². The summed E-state index contributed by atoms with van der Waals surface area (Å²) in [5.41, 5.74) is 5.57. The summed E-state index contributed by atoms with van der Waals surface area (Å²) in [5, 5.41) is 15.3. The lowest BCUT2D eigenvalue weighted by atomic mass is 9.95. The molecule has 1 saturated carbocycles. The first-order valence-electron chi connectivity index (χ1n) is 14.7. The first kappa shape index (κ1) is 29.3. The molecule has 220 valence electrons. The molecule has 3 N–H and O–H groups in total. The van der Waals surface area contributed by atoms with E-state index in [9.17, 15) is 19.5 Å². The second kappa shape index (κ2) is 13.7. The van der Waals surface area contributed by atoms with Crippen LogP contribution in [0.5, 0.6) is 0 Å². The van der Waals surface area contributed by atoms with Gasteiger partial charge in [0.15, 0.2) is 0 Å². The molecule has 0 heterocycles. The highest BCUT2D eigenvalue weighted by Gasteiger charge is 2.33. The molecular formula is C34H39N3O5. The number of hydrogen-bond acceptors (Lipinski definition) is 5. The van der Waals surface area contributed by atoms with E-state index in [1.54, 1.807) is 0 Å². The number of carboxylic acids is 1. The SMILES string of the molecule is CN(Cc1ccccc1)CC(NC(=O)OCC1c2ccccc2-c2ccccc21)C(=O)NC(CC(=O)O)C1CCCC1. The van der Waals surface area contributed by atoms with Gasteiger partial charge in [0.2, 0.25) is 5.91 Å². The van der Waals surface area contributed by atoms with Gasteiger partial charge in [0, 0.05) is 25.0 Å². The minimum absolute atomic E-state index is 0.0986. The number of alkyl carbamates (subject to hydrolysis) is 1. The fourth-order valence-corrected chi connectivity index (χ4v) is 6.41. The molecule has 0 saturated heterocycles. The zero-order valence-corrected chi connectivity index (χ0v) is 24.0. The second-order valence-corrected chi connectivity index (χ2v) is 11.5. The number of fused-ring (bicyclic) bond motifs is 3. The van der Waals surface area contributed by atoms with Gasteiger partial charge in [-0.1, -0.05) is 91.7 Å². The predicted molar refractivity (Wildman–Crippen MR) is 161 cm³/mol. The normalized spacial score (nSPS) is 16.0. The Labute approximate surface area is 247 Å². The van der Waals surface area contributed by atoms with Crippen molar-refractivity contribution in [3.05, 3.63) is 95.6 Å². The Kier molecular flexibility index (Phi) is 9.54. The molecule has 5 rings (SSSR count). The van der Waals surface area contributed by atoms with Gasteiger partial charge in [0.25, 0.3) is 0 Å². The van der Waals surface area contributed by atoms with Gasteiger partial charge in [0.05, 0.1) is 6.42 Å². The topological polar surface area (TPSA) is 108 Å². The van der Waals surface area contributed by atoms with E-state index in [1.807, 2.05) is 66.5 Å². The van der Waals surface area contributed by atoms with E-state index in [2.05, 4.69) is 34.9 Å². The fourth-order valence-electron chi connectivity index (χ4n) is 6.41. The number of ether oxygens (including phenoxy) is 1. The van der Waals surface area contributed by atoms with Crippen molar-refractivity contribution in [2.75, 3.05) is 20.2 Å². The highest BCUT2D eigenvalue weighted by molar-refractivity contribution is 5.86. The number of benzene rings is 3. The van der Waals surface area contributed by atoms with E-state index in [1.165, 1.54) is 0 Å². The maximum atomic E-state index is 13.6. The lowest BCUT2D eigenvalue weighted by molar-refractivity contribution is -0.138. The quantitative estimate of drug-likeness (QED) is 0.278. The summed E-state index contributed by atoms with van der Waals surface area (Å²) in [6, 6.07) is 24.7. The molecule has 2 unspecified atom stereocenters. The smallest absolute Gasteiger partial charge is 0.407 e. The van der Waals surface area contributed by atoms with Gasteiger partial charge in [-0.25, -0.2) is 4.79 Å². The molecule has 8 nitrogen and oxygen atoms in total. The Bertz CT molecular complexity index is 1340. The van der Waals surface area contributed by atoms with Gasteiger partial charge >= 0.3 is 12.1 Å². The number of nitrogens with one attached hydrogen (secondary N) is 2. The lowest BCUT2D eigenvalue weighted by Gasteiger charge is -2.28. The monoisotopic (exact) mass is 569 g/mol. The Hall–Kier alpha value is -4.17. The van der Waals surface area contributed by atoms with Crippen molar-refractivity contribution in [1.29, 1.82) is 0 Å². The van der Waals surface area contributed by atoms with Crippen LogP contribution in [0.1, 0.15) is 54.7 Å². The number of carbonyl (C=O) groups excluding carboxylic acids is 2. The average Bonchev–Trinajstić information content (AvgIpc) is 3.63. The molecule has 0 aromatic heterocycles. The highest BCUT2D eigenvalue weighted by atomic mass is 16.5. The summed E-state index contributed by atoms with van der Waals surface area (Å²) in [5.74, 6) is -1.34. The third kappa shape index (κ3) is 7.18. The van der Waals surface area contributed by atoms with Crippen molar-refractivity contribution in [3.8, 4) is 11.1 Å². The first-order valence-corrected chi connectivity index (χ1v) is 14.7. The Morgan fingerprint density at radius 3 is 2.10 bits per heavy atom. The number of aliphatic carboxylic acids is 1. The average molecular weight is 570 g/mol. The predicted octanol–water partition coefficient (Wildman–Crippen LogP) is 5.18. The molecule has 2 amide bonds. The first-order chi connectivity index (χ1) is 20.4. The molecular weight excluding hydrogens is 530 g/mol. The largest absolute Gasteiger partial charge is 0.481 e. The molecule has 0 spiro atoms. The molecule has 2 aliphatic carbocycles. The van der Waals surface area contributed by atoms with Crippen molar-refractivity contribution in [2.45, 2.75) is 56.7 Å². The molecule has 42 heavy (non-hydrogen) atoms. The molecule has 0 radical (unpaired) electrons. The lowest BCUT2D eigenvalue weighted by Crippen LogP contribution is -2.55. The van der Waals surface area contributed by atoms with Crippen LogP contribution in [0, 0.1) is 5.92 Å². The number of carbonyl (C=O) groups is 3. The molecule has 0 bridgehead atoms. The van der Waals surface area contributed by atoms with E-state index in [4.69, 9.17) is 4.74 Å². The molecule has 8 heteroatoms. The second-order valence-electron chi connectivity index (χ2n) is 11.5. The van der Waals surface area contributed by atoms with Crippen molar-refractivity contribution in [1.82, 2.24) is 15.5 Å². The Balaban J connectivity index is 1.27. The number of likely N-dealkylation sites (N-methyl/N-ethyl adjacent to an activating group) is 1. The van der Waals surface area contributed by atoms with Crippen molar-refractivity contribution < 1.29 is 24.2 Å². The van der Waals surface area contributed by atoms with Crippen molar-refractivity contribution in [2.24, 2.45) is 5.92 Å². The summed E-state index contributed by atoms with van der Waals surface area (Å²) < 4.78 is 5.75. The van der Waals surface area contributed by atoms with Crippen LogP contribution in [0.3, 0.4) is 0 Å². The number of nitrogens with zero attached hydrogens (tertiary/aromatic N) is 1. The molecule has 2 aliphatic rings. The zero-order valence-electron chi connectivity index (χ0n) is 24.0. The van der Waals surface area contributed by atoms with E-state index in [0.29, 0.717) is 6.54 Å². The van der Waals surface area contributed by atoms with E-state index in [0.717, 1.165) is 53.5 Å². The maximum Gasteiger partial charge on any atom is 0.407 e. The Morgan fingerprint density at radius 2 is 1.48 bits per heavy atom. The van der Waals surface area contributed by atoms with Crippen LogP contribution in [0.2, 0.25) is 0 Å². The fraction of sp³-hybridized carbons (Fsp3) is 0.382. The van der Waals surface area contributed by atoms with Crippen LogP contribution in [-0.4, -0.2) is 60.3 Å². The van der Waals surface area contributed by atoms with Gasteiger partial charge in [0.1, 0.15) is 12.6 Å².